The maximum Gasteiger partial charge on any atom is 0.0991 e. The molecule has 1 aromatic carbocycles. The quantitative estimate of drug-likeness (QED) is 0.583. The van der Waals surface area contributed by atoms with Crippen molar-refractivity contribution in [1.29, 1.82) is 5.26 Å². The second-order valence-corrected chi connectivity index (χ2v) is 3.28. The number of hydrogen-bond donors (Lipinski definition) is 1. The molecule has 1 aromatic rings. The van der Waals surface area contributed by atoms with Crippen LogP contribution < -0.4 is 5.32 Å². The second kappa shape index (κ2) is 6.51. The molecule has 1 rings (SSSR count). The molecule has 76 valence electrons. The highest BCUT2D eigenvalue weighted by Crippen LogP contribution is 2.08. The van der Waals surface area contributed by atoms with Gasteiger partial charge in [-0.05, 0) is 37.1 Å². The fourth-order valence-electron chi connectivity index (χ4n) is 1.25. The average molecular weight is 198 g/mol. The maximum atomic E-state index is 8.61. The lowest BCUT2D eigenvalue weighted by Gasteiger charge is -2.04. The van der Waals surface area contributed by atoms with E-state index in [9.17, 15) is 0 Å². The Kier molecular flexibility index (Phi) is 4.84. The lowest BCUT2D eigenvalue weighted by molar-refractivity contribution is 0.789. The second-order valence-electron chi connectivity index (χ2n) is 3.28. The van der Waals surface area contributed by atoms with Crippen molar-refractivity contribution in [3.63, 3.8) is 0 Å². The molecular weight excluding hydrogens is 184 g/mol. The van der Waals surface area contributed by atoms with Gasteiger partial charge < -0.3 is 5.32 Å². The van der Waals surface area contributed by atoms with Crippen molar-refractivity contribution in [2.24, 2.45) is 0 Å². The van der Waals surface area contributed by atoms with Gasteiger partial charge in [0.1, 0.15) is 0 Å². The standard InChI is InChI=1S/C13H14N2/c1-2-3-4-5-10-15-13-8-6-12(11-14)7-9-13/h1,6-9,15H,3-5,10H2. The third-order valence-electron chi connectivity index (χ3n) is 2.09. The number of nitrogens with zero attached hydrogens (tertiary/aromatic N) is 1. The van der Waals surface area contributed by atoms with Crippen molar-refractivity contribution in [1.82, 2.24) is 0 Å². The molecule has 0 saturated heterocycles. The average Bonchev–Trinajstić information content (AvgIpc) is 2.30. The summed E-state index contributed by atoms with van der Waals surface area (Å²) >= 11 is 0. The molecule has 0 atom stereocenters. The van der Waals surface area contributed by atoms with E-state index < -0.39 is 0 Å². The van der Waals surface area contributed by atoms with Crippen molar-refractivity contribution < 1.29 is 0 Å². The largest absolute Gasteiger partial charge is 0.385 e. The van der Waals surface area contributed by atoms with Crippen LogP contribution in [0.4, 0.5) is 5.69 Å². The van der Waals surface area contributed by atoms with Gasteiger partial charge in [0.15, 0.2) is 0 Å². The highest BCUT2D eigenvalue weighted by molar-refractivity contribution is 5.46. The zero-order valence-corrected chi connectivity index (χ0v) is 8.66. The van der Waals surface area contributed by atoms with Gasteiger partial charge in [0.2, 0.25) is 0 Å². The number of nitrogens with one attached hydrogen (secondary N) is 1. The summed E-state index contributed by atoms with van der Waals surface area (Å²) in [4.78, 5) is 0. The van der Waals surface area contributed by atoms with Gasteiger partial charge in [0, 0.05) is 18.7 Å². The molecule has 0 aromatic heterocycles. The monoisotopic (exact) mass is 198 g/mol. The number of benzene rings is 1. The molecule has 15 heavy (non-hydrogen) atoms. The Morgan fingerprint density at radius 1 is 1.20 bits per heavy atom. The van der Waals surface area contributed by atoms with Gasteiger partial charge in [0.05, 0.1) is 11.6 Å². The number of hydrogen-bond acceptors (Lipinski definition) is 2. The first kappa shape index (κ1) is 11.1. The molecule has 0 amide bonds. The van der Waals surface area contributed by atoms with E-state index in [0.29, 0.717) is 5.56 Å². The first-order valence-corrected chi connectivity index (χ1v) is 5.04. The summed E-state index contributed by atoms with van der Waals surface area (Å²) in [5.41, 5.74) is 1.74. The molecule has 0 fully saturated rings. The van der Waals surface area contributed by atoms with Gasteiger partial charge in [-0.1, -0.05) is 0 Å². The number of nitriles is 1. The normalized spacial score (nSPS) is 8.93. The van der Waals surface area contributed by atoms with Crippen LogP contribution in [0.1, 0.15) is 24.8 Å². The molecule has 0 spiro atoms. The highest BCUT2D eigenvalue weighted by Gasteiger charge is 1.92. The van der Waals surface area contributed by atoms with Gasteiger partial charge in [-0.15, -0.1) is 12.3 Å². The van der Waals surface area contributed by atoms with E-state index in [1.165, 1.54) is 0 Å². The minimum Gasteiger partial charge on any atom is -0.385 e. The Morgan fingerprint density at radius 3 is 2.53 bits per heavy atom. The molecule has 0 aliphatic rings. The van der Waals surface area contributed by atoms with Crippen molar-refractivity contribution in [3.05, 3.63) is 29.8 Å². The molecule has 2 heteroatoms. The van der Waals surface area contributed by atoms with E-state index in [1.54, 1.807) is 0 Å². The molecule has 0 saturated carbocycles. The van der Waals surface area contributed by atoms with Crippen LogP contribution in [0, 0.1) is 23.7 Å². The summed E-state index contributed by atoms with van der Waals surface area (Å²) in [6.45, 7) is 0.924. The van der Waals surface area contributed by atoms with Crippen molar-refractivity contribution in [2.75, 3.05) is 11.9 Å². The highest BCUT2D eigenvalue weighted by atomic mass is 14.9. The molecule has 0 aliphatic heterocycles. The molecule has 0 aliphatic carbocycles. The smallest absolute Gasteiger partial charge is 0.0991 e. The van der Waals surface area contributed by atoms with Crippen molar-refractivity contribution in [3.8, 4) is 18.4 Å². The molecule has 1 N–H and O–H groups in total. The Hall–Kier alpha value is -1.93. The molecule has 0 bridgehead atoms. The Labute approximate surface area is 90.9 Å². The Bertz CT molecular complexity index is 365. The van der Waals surface area contributed by atoms with E-state index in [2.05, 4.69) is 17.3 Å². The summed E-state index contributed by atoms with van der Waals surface area (Å²) in [5.74, 6) is 2.62. The maximum absolute atomic E-state index is 8.61. The van der Waals surface area contributed by atoms with E-state index >= 15 is 0 Å². The summed E-state index contributed by atoms with van der Waals surface area (Å²) in [5, 5.41) is 11.9. The third-order valence-corrected chi connectivity index (χ3v) is 2.09. The fraction of sp³-hybridized carbons (Fsp3) is 0.308. The number of anilines is 1. The Morgan fingerprint density at radius 2 is 1.93 bits per heavy atom. The van der Waals surface area contributed by atoms with Crippen LogP contribution in [0.15, 0.2) is 24.3 Å². The van der Waals surface area contributed by atoms with Gasteiger partial charge in [0.25, 0.3) is 0 Å². The van der Waals surface area contributed by atoms with Crippen LogP contribution in [0.3, 0.4) is 0 Å². The fourth-order valence-corrected chi connectivity index (χ4v) is 1.25. The topological polar surface area (TPSA) is 35.8 Å². The third kappa shape index (κ3) is 4.20. The van der Waals surface area contributed by atoms with Crippen LogP contribution in [-0.4, -0.2) is 6.54 Å². The summed E-state index contributed by atoms with van der Waals surface area (Å²) < 4.78 is 0. The predicted octanol–water partition coefficient (Wildman–Crippen LogP) is 2.77. The van der Waals surface area contributed by atoms with Crippen molar-refractivity contribution in [2.45, 2.75) is 19.3 Å². The first-order chi connectivity index (χ1) is 7.36. The van der Waals surface area contributed by atoms with Crippen LogP contribution >= 0.6 is 0 Å². The number of unbranched alkanes of at least 4 members (excludes halogenated alkanes) is 2. The van der Waals surface area contributed by atoms with Gasteiger partial charge in [-0.3, -0.25) is 0 Å². The first-order valence-electron chi connectivity index (χ1n) is 5.04. The van der Waals surface area contributed by atoms with E-state index in [4.69, 9.17) is 11.7 Å². The zero-order chi connectivity index (χ0) is 10.9. The lowest BCUT2D eigenvalue weighted by Crippen LogP contribution is -2.00. The minimum absolute atomic E-state index is 0.688. The van der Waals surface area contributed by atoms with Gasteiger partial charge in [-0.25, -0.2) is 0 Å². The number of rotatable bonds is 5. The van der Waals surface area contributed by atoms with Crippen LogP contribution in [0.5, 0.6) is 0 Å². The summed E-state index contributed by atoms with van der Waals surface area (Å²) in [6.07, 6.45) is 8.12. The molecule has 0 radical (unpaired) electrons. The SMILES string of the molecule is C#CCCCCNc1ccc(C#N)cc1. The molecule has 2 nitrogen and oxygen atoms in total. The summed E-state index contributed by atoms with van der Waals surface area (Å²) in [7, 11) is 0. The molecule has 0 heterocycles. The van der Waals surface area contributed by atoms with E-state index in [1.807, 2.05) is 24.3 Å². The van der Waals surface area contributed by atoms with Crippen LogP contribution in [0.2, 0.25) is 0 Å². The van der Waals surface area contributed by atoms with Crippen LogP contribution in [-0.2, 0) is 0 Å². The zero-order valence-electron chi connectivity index (χ0n) is 8.66. The van der Waals surface area contributed by atoms with Crippen molar-refractivity contribution >= 4 is 5.69 Å². The van der Waals surface area contributed by atoms with E-state index in [0.717, 1.165) is 31.5 Å². The Balaban J connectivity index is 2.27. The molecule has 0 unspecified atom stereocenters. The predicted molar refractivity (Wildman–Crippen MR) is 62.3 cm³/mol. The van der Waals surface area contributed by atoms with E-state index in [-0.39, 0.29) is 0 Å². The number of terminal acetylenes is 1. The summed E-state index contributed by atoms with van der Waals surface area (Å²) in [6, 6.07) is 9.54. The molecular formula is C13H14N2. The van der Waals surface area contributed by atoms with Gasteiger partial charge >= 0.3 is 0 Å². The lowest BCUT2D eigenvalue weighted by atomic mass is 10.2. The van der Waals surface area contributed by atoms with Gasteiger partial charge in [-0.2, -0.15) is 5.26 Å². The minimum atomic E-state index is 0.688. The van der Waals surface area contributed by atoms with Crippen LogP contribution in [0.25, 0.3) is 0 Å².